The van der Waals surface area contributed by atoms with Crippen LogP contribution < -0.4 is 5.32 Å². The van der Waals surface area contributed by atoms with Crippen molar-refractivity contribution in [2.75, 3.05) is 7.05 Å². The summed E-state index contributed by atoms with van der Waals surface area (Å²) in [5.74, 6) is 1.51. The smallest absolute Gasteiger partial charge is 0.00957 e. The third-order valence-electron chi connectivity index (χ3n) is 4.35. The zero-order chi connectivity index (χ0) is 12.3. The average Bonchev–Trinajstić information content (AvgIpc) is 2.71. The molecule has 1 heteroatoms. The molecule has 1 fully saturated rings. The van der Waals surface area contributed by atoms with Crippen LogP contribution in [0.3, 0.4) is 0 Å². The van der Waals surface area contributed by atoms with Crippen LogP contribution in [0.5, 0.6) is 0 Å². The maximum absolute atomic E-state index is 3.45. The van der Waals surface area contributed by atoms with Gasteiger partial charge in [-0.2, -0.15) is 0 Å². The summed E-state index contributed by atoms with van der Waals surface area (Å²) in [6, 6.07) is 9.96. The molecule has 0 spiro atoms. The van der Waals surface area contributed by atoms with Crippen molar-refractivity contribution < 1.29 is 0 Å². The van der Waals surface area contributed by atoms with Crippen LogP contribution in [0.25, 0.3) is 0 Å². The predicted octanol–water partition coefficient (Wildman–Crippen LogP) is 3.74. The monoisotopic (exact) mass is 231 g/mol. The highest BCUT2D eigenvalue weighted by atomic mass is 14.9. The summed E-state index contributed by atoms with van der Waals surface area (Å²) in [4.78, 5) is 0. The second-order valence-corrected chi connectivity index (χ2v) is 5.43. The second-order valence-electron chi connectivity index (χ2n) is 5.43. The number of hydrogen-bond donors (Lipinski definition) is 1. The van der Waals surface area contributed by atoms with Crippen molar-refractivity contribution in [1.29, 1.82) is 0 Å². The number of hydrogen-bond acceptors (Lipinski definition) is 1. The zero-order valence-electron chi connectivity index (χ0n) is 11.4. The summed E-state index contributed by atoms with van der Waals surface area (Å²) in [6.07, 6.45) is 5.11. The average molecular weight is 231 g/mol. The minimum atomic E-state index is 0.704. The summed E-state index contributed by atoms with van der Waals surface area (Å²) in [7, 11) is 2.09. The van der Waals surface area contributed by atoms with Crippen LogP contribution in [-0.2, 0) is 6.42 Å². The van der Waals surface area contributed by atoms with Crippen molar-refractivity contribution in [2.45, 2.75) is 51.5 Å². The van der Waals surface area contributed by atoms with E-state index in [1.165, 1.54) is 31.2 Å². The van der Waals surface area contributed by atoms with Gasteiger partial charge in [-0.15, -0.1) is 0 Å². The number of rotatable bonds is 4. The minimum absolute atomic E-state index is 0.704. The van der Waals surface area contributed by atoms with Gasteiger partial charge in [-0.25, -0.2) is 0 Å². The van der Waals surface area contributed by atoms with Crippen molar-refractivity contribution in [1.82, 2.24) is 5.32 Å². The molecule has 2 rings (SSSR count). The molecule has 0 amide bonds. The van der Waals surface area contributed by atoms with Gasteiger partial charge in [0.05, 0.1) is 0 Å². The Hall–Kier alpha value is -0.820. The van der Waals surface area contributed by atoms with Crippen molar-refractivity contribution in [3.8, 4) is 0 Å². The molecule has 1 aromatic rings. The fourth-order valence-electron chi connectivity index (χ4n) is 3.31. The van der Waals surface area contributed by atoms with Crippen LogP contribution in [0.15, 0.2) is 24.3 Å². The van der Waals surface area contributed by atoms with Crippen LogP contribution >= 0.6 is 0 Å². The summed E-state index contributed by atoms with van der Waals surface area (Å²) < 4.78 is 0. The first-order chi connectivity index (χ1) is 8.26. The largest absolute Gasteiger partial charge is 0.317 e. The fraction of sp³-hybridized carbons (Fsp3) is 0.625. The molecule has 0 aliphatic heterocycles. The van der Waals surface area contributed by atoms with E-state index in [1.54, 1.807) is 5.56 Å². The molecular weight excluding hydrogens is 206 g/mol. The molecule has 0 aromatic heterocycles. The molecule has 0 radical (unpaired) electrons. The van der Waals surface area contributed by atoms with Crippen LogP contribution in [0.2, 0.25) is 0 Å². The molecule has 17 heavy (non-hydrogen) atoms. The van der Waals surface area contributed by atoms with Gasteiger partial charge in [-0.3, -0.25) is 0 Å². The Morgan fingerprint density at radius 3 is 2.76 bits per heavy atom. The molecular formula is C16H25N. The Morgan fingerprint density at radius 1 is 1.29 bits per heavy atom. The van der Waals surface area contributed by atoms with Gasteiger partial charge in [0.2, 0.25) is 0 Å². The van der Waals surface area contributed by atoms with E-state index in [-0.39, 0.29) is 0 Å². The van der Waals surface area contributed by atoms with Crippen molar-refractivity contribution in [3.05, 3.63) is 35.4 Å². The minimum Gasteiger partial charge on any atom is -0.317 e. The van der Waals surface area contributed by atoms with Gasteiger partial charge >= 0.3 is 0 Å². The Bertz CT molecular complexity index is 358. The normalized spacial score (nSPS) is 28.5. The number of benzene rings is 1. The molecule has 1 aliphatic carbocycles. The molecule has 1 saturated carbocycles. The van der Waals surface area contributed by atoms with E-state index in [9.17, 15) is 0 Å². The van der Waals surface area contributed by atoms with Crippen LogP contribution in [0.4, 0.5) is 0 Å². The summed E-state index contributed by atoms with van der Waals surface area (Å²) in [5, 5.41) is 3.45. The molecule has 94 valence electrons. The van der Waals surface area contributed by atoms with Gasteiger partial charge in [0.25, 0.3) is 0 Å². The molecule has 0 saturated heterocycles. The lowest BCUT2D eigenvalue weighted by molar-refractivity contribution is 0.428. The molecule has 0 heterocycles. The molecule has 1 aromatic carbocycles. The first kappa shape index (κ1) is 12.6. The van der Waals surface area contributed by atoms with E-state index < -0.39 is 0 Å². The third-order valence-corrected chi connectivity index (χ3v) is 4.35. The Morgan fingerprint density at radius 2 is 2.12 bits per heavy atom. The van der Waals surface area contributed by atoms with Crippen molar-refractivity contribution in [2.24, 2.45) is 5.92 Å². The van der Waals surface area contributed by atoms with E-state index in [1.807, 2.05) is 0 Å². The highest BCUT2D eigenvalue weighted by Gasteiger charge is 2.32. The van der Waals surface area contributed by atoms with Gasteiger partial charge in [0.15, 0.2) is 0 Å². The SMILES string of the molecule is CCCc1cccc(C2CCC(NC)C2C)c1. The van der Waals surface area contributed by atoms with Crippen LogP contribution in [0.1, 0.15) is 50.2 Å². The van der Waals surface area contributed by atoms with E-state index >= 15 is 0 Å². The van der Waals surface area contributed by atoms with E-state index in [0.717, 1.165) is 11.8 Å². The quantitative estimate of drug-likeness (QED) is 0.832. The van der Waals surface area contributed by atoms with E-state index in [2.05, 4.69) is 50.5 Å². The first-order valence-electron chi connectivity index (χ1n) is 7.02. The summed E-state index contributed by atoms with van der Waals surface area (Å²) in [5.41, 5.74) is 3.06. The van der Waals surface area contributed by atoms with E-state index in [4.69, 9.17) is 0 Å². The Balaban J connectivity index is 2.14. The molecule has 0 bridgehead atoms. The van der Waals surface area contributed by atoms with Gasteiger partial charge in [0.1, 0.15) is 0 Å². The zero-order valence-corrected chi connectivity index (χ0v) is 11.4. The highest BCUT2D eigenvalue weighted by molar-refractivity contribution is 5.28. The third kappa shape index (κ3) is 2.71. The first-order valence-corrected chi connectivity index (χ1v) is 7.02. The lowest BCUT2D eigenvalue weighted by atomic mass is 9.88. The van der Waals surface area contributed by atoms with Gasteiger partial charge < -0.3 is 5.32 Å². The van der Waals surface area contributed by atoms with Crippen LogP contribution in [-0.4, -0.2) is 13.1 Å². The Kier molecular flexibility index (Phi) is 4.22. The maximum Gasteiger partial charge on any atom is 0.00957 e. The topological polar surface area (TPSA) is 12.0 Å². The molecule has 1 N–H and O–H groups in total. The highest BCUT2D eigenvalue weighted by Crippen LogP contribution is 2.39. The lowest BCUT2D eigenvalue weighted by Crippen LogP contribution is -2.28. The van der Waals surface area contributed by atoms with Crippen molar-refractivity contribution in [3.63, 3.8) is 0 Å². The lowest BCUT2D eigenvalue weighted by Gasteiger charge is -2.21. The van der Waals surface area contributed by atoms with Gasteiger partial charge in [-0.05, 0) is 49.3 Å². The number of nitrogens with one attached hydrogen (secondary N) is 1. The molecule has 3 atom stereocenters. The van der Waals surface area contributed by atoms with Gasteiger partial charge in [0, 0.05) is 6.04 Å². The Labute approximate surface area is 106 Å². The number of aryl methyl sites for hydroxylation is 1. The van der Waals surface area contributed by atoms with Crippen LogP contribution in [0, 0.1) is 5.92 Å². The summed E-state index contributed by atoms with van der Waals surface area (Å²) >= 11 is 0. The second kappa shape index (κ2) is 5.68. The standard InChI is InChI=1S/C16H25N/c1-4-6-13-7-5-8-14(11-13)15-9-10-16(17-3)12(15)2/h5,7-8,11-12,15-17H,4,6,9-10H2,1-3H3. The van der Waals surface area contributed by atoms with E-state index in [0.29, 0.717) is 6.04 Å². The molecule has 3 unspecified atom stereocenters. The molecule has 1 aliphatic rings. The molecule has 1 nitrogen and oxygen atoms in total. The van der Waals surface area contributed by atoms with Gasteiger partial charge in [-0.1, -0.05) is 44.5 Å². The fourth-order valence-corrected chi connectivity index (χ4v) is 3.31. The van der Waals surface area contributed by atoms with Crippen molar-refractivity contribution >= 4 is 0 Å². The maximum atomic E-state index is 3.45. The summed E-state index contributed by atoms with van der Waals surface area (Å²) in [6.45, 7) is 4.65. The predicted molar refractivity (Wildman–Crippen MR) is 74.4 cm³/mol.